The number of halogens is 6. The van der Waals surface area contributed by atoms with E-state index in [4.69, 9.17) is 18.9 Å². The third-order valence-electron chi connectivity index (χ3n) is 6.39. The lowest BCUT2D eigenvalue weighted by atomic mass is 9.96. The fourth-order valence-electron chi connectivity index (χ4n) is 4.32. The van der Waals surface area contributed by atoms with Gasteiger partial charge in [-0.1, -0.05) is 51.9 Å². The van der Waals surface area contributed by atoms with E-state index in [1.165, 1.54) is 0 Å². The van der Waals surface area contributed by atoms with Crippen LogP contribution in [0.1, 0.15) is 86.0 Å². The number of unbranched alkanes of at least 4 members (excludes halogenated alkanes) is 7. The molecule has 0 unspecified atom stereocenters. The van der Waals surface area contributed by atoms with Gasteiger partial charge in [0.25, 0.3) is 5.83 Å². The van der Waals surface area contributed by atoms with Crippen molar-refractivity contribution >= 4 is 23.8 Å². The van der Waals surface area contributed by atoms with Gasteiger partial charge in [0.2, 0.25) is 12.2 Å². The number of rotatable bonds is 19. The summed E-state index contributed by atoms with van der Waals surface area (Å²) in [7, 11) is 0. The molecule has 0 saturated carbocycles. The van der Waals surface area contributed by atoms with E-state index < -0.39 is 91.5 Å². The van der Waals surface area contributed by atoms with Crippen LogP contribution >= 0.6 is 0 Å². The first-order valence-corrected chi connectivity index (χ1v) is 14.5. The summed E-state index contributed by atoms with van der Waals surface area (Å²) in [5.74, 6) is -13.1. The van der Waals surface area contributed by atoms with Crippen molar-refractivity contribution in [3.63, 3.8) is 0 Å². The van der Waals surface area contributed by atoms with Gasteiger partial charge in [0.15, 0.2) is 12.2 Å². The SMILES string of the molecule is CCCCCCCCCCOC(F)(F)C(F)(F)/C(F)=C(/F)O[C@@H]1O[C@H](COC(C)=O)[C@@H](OC(C)=O)[C@H](OC(C)=O)[C@H]1NC(C)=O. The molecule has 1 heterocycles. The van der Waals surface area contributed by atoms with Gasteiger partial charge >= 0.3 is 36.0 Å². The first kappa shape index (κ1) is 39.9. The van der Waals surface area contributed by atoms with Crippen LogP contribution in [0.4, 0.5) is 26.3 Å². The lowest BCUT2D eigenvalue weighted by molar-refractivity contribution is -0.340. The van der Waals surface area contributed by atoms with Crippen molar-refractivity contribution in [2.45, 2.75) is 129 Å². The van der Waals surface area contributed by atoms with Crippen LogP contribution in [0.25, 0.3) is 0 Å². The third-order valence-corrected chi connectivity index (χ3v) is 6.39. The first-order valence-electron chi connectivity index (χ1n) is 14.5. The van der Waals surface area contributed by atoms with Gasteiger partial charge in [-0.2, -0.15) is 26.3 Å². The highest BCUT2D eigenvalue weighted by Crippen LogP contribution is 2.44. The minimum atomic E-state index is -5.86. The minimum Gasteiger partial charge on any atom is -0.463 e. The molecule has 17 heteroatoms. The number of hydrogen-bond acceptors (Lipinski definition) is 10. The van der Waals surface area contributed by atoms with Crippen LogP contribution in [0.5, 0.6) is 0 Å². The van der Waals surface area contributed by atoms with Crippen LogP contribution in [0.15, 0.2) is 11.8 Å². The van der Waals surface area contributed by atoms with E-state index in [0.717, 1.165) is 59.8 Å². The number of ether oxygens (including phenoxy) is 6. The molecule has 0 bridgehead atoms. The van der Waals surface area contributed by atoms with Crippen molar-refractivity contribution in [1.82, 2.24) is 5.32 Å². The summed E-state index contributed by atoms with van der Waals surface area (Å²) in [5, 5.41) is 2.11. The number of alkyl halides is 4. The number of amides is 1. The molecule has 5 atom stereocenters. The molecule has 260 valence electrons. The molecule has 0 aromatic rings. The third kappa shape index (κ3) is 13.0. The zero-order valence-corrected chi connectivity index (χ0v) is 25.8. The highest BCUT2D eigenvalue weighted by molar-refractivity contribution is 5.73. The number of esters is 3. The zero-order chi connectivity index (χ0) is 34.4. The second-order valence-corrected chi connectivity index (χ2v) is 10.3. The zero-order valence-electron chi connectivity index (χ0n) is 25.8. The van der Waals surface area contributed by atoms with Gasteiger partial charge in [0.05, 0.1) is 6.61 Å². The maximum absolute atomic E-state index is 14.8. The standard InChI is InChI=1S/C28H41F6NO10/c1-6-7-8-9-10-11-12-13-14-41-28(33,34)27(31,32)24(29)25(30)45-26-21(35-16(2)36)23(43-19(5)39)22(42-18(4)38)20(44-26)15-40-17(3)37/h20-23,26H,6-15H2,1-5H3,(H,35,36)/b25-24+/t20-,21-,22-,23-,26+/m1/s1. The Labute approximate surface area is 257 Å². The fourth-order valence-corrected chi connectivity index (χ4v) is 4.32. The second kappa shape index (κ2) is 18.8. The molecule has 0 radical (unpaired) electrons. The highest BCUT2D eigenvalue weighted by atomic mass is 19.3. The summed E-state index contributed by atoms with van der Waals surface area (Å²) in [5.41, 5.74) is 0. The van der Waals surface area contributed by atoms with E-state index in [-0.39, 0.29) is 6.42 Å². The molecule has 45 heavy (non-hydrogen) atoms. The summed E-state index contributed by atoms with van der Waals surface area (Å²) in [6.45, 7) is 4.09. The van der Waals surface area contributed by atoms with E-state index >= 15 is 0 Å². The topological polar surface area (TPSA) is 136 Å². The van der Waals surface area contributed by atoms with Crippen molar-refractivity contribution in [3.05, 3.63) is 11.8 Å². The summed E-state index contributed by atoms with van der Waals surface area (Å²) in [6, 6.07) is -4.77. The summed E-state index contributed by atoms with van der Waals surface area (Å²) >= 11 is 0. The van der Waals surface area contributed by atoms with Gasteiger partial charge in [-0.05, 0) is 6.42 Å². The van der Waals surface area contributed by atoms with Crippen molar-refractivity contribution in [2.75, 3.05) is 13.2 Å². The Morgan fingerprint density at radius 1 is 0.756 bits per heavy atom. The largest absolute Gasteiger partial charge is 0.463 e. The van der Waals surface area contributed by atoms with Crippen LogP contribution < -0.4 is 5.32 Å². The Morgan fingerprint density at radius 2 is 1.29 bits per heavy atom. The Hall–Kier alpha value is -3.08. The van der Waals surface area contributed by atoms with E-state index in [0.29, 0.717) is 12.8 Å². The molecule has 0 aliphatic carbocycles. The van der Waals surface area contributed by atoms with Crippen LogP contribution in [0, 0.1) is 0 Å². The van der Waals surface area contributed by atoms with Gasteiger partial charge in [-0.3, -0.25) is 19.2 Å². The monoisotopic (exact) mass is 665 g/mol. The molecule has 1 rings (SSSR count). The molecule has 1 aliphatic rings. The molecule has 1 aliphatic heterocycles. The van der Waals surface area contributed by atoms with Crippen molar-refractivity contribution in [3.8, 4) is 0 Å². The molecular formula is C28H41F6NO10. The number of carbonyl (C=O) groups is 4. The Balaban J connectivity index is 3.21. The quantitative estimate of drug-likeness (QED) is 0.0649. The van der Waals surface area contributed by atoms with E-state index in [9.17, 15) is 45.5 Å². The Morgan fingerprint density at radius 3 is 1.80 bits per heavy atom. The van der Waals surface area contributed by atoms with Crippen LogP contribution in [-0.4, -0.2) is 79.7 Å². The van der Waals surface area contributed by atoms with Gasteiger partial charge in [0.1, 0.15) is 18.8 Å². The molecule has 0 aromatic carbocycles. The smallest absolute Gasteiger partial charge is 0.426 e. The van der Waals surface area contributed by atoms with Gasteiger partial charge < -0.3 is 33.7 Å². The molecule has 11 nitrogen and oxygen atoms in total. The normalized spacial score (nSPS) is 22.6. The fraction of sp³-hybridized carbons (Fsp3) is 0.786. The lowest BCUT2D eigenvalue weighted by Crippen LogP contribution is -2.66. The second-order valence-electron chi connectivity index (χ2n) is 10.3. The summed E-state index contributed by atoms with van der Waals surface area (Å²) in [4.78, 5) is 46.9. The van der Waals surface area contributed by atoms with E-state index in [1.54, 1.807) is 0 Å². The highest BCUT2D eigenvalue weighted by Gasteiger charge is 2.64. The van der Waals surface area contributed by atoms with Crippen LogP contribution in [0.3, 0.4) is 0 Å². The molecule has 1 amide bonds. The maximum atomic E-state index is 14.8. The number of nitrogens with one attached hydrogen (secondary N) is 1. The van der Waals surface area contributed by atoms with Gasteiger partial charge in [-0.25, -0.2) is 0 Å². The summed E-state index contributed by atoms with van der Waals surface area (Å²) in [6.07, 6.45) is -7.18. The van der Waals surface area contributed by atoms with Crippen LogP contribution in [0.2, 0.25) is 0 Å². The Bertz CT molecular complexity index is 1030. The molecule has 1 N–H and O–H groups in total. The lowest BCUT2D eigenvalue weighted by Gasteiger charge is -2.44. The van der Waals surface area contributed by atoms with Gasteiger partial charge in [-0.15, -0.1) is 0 Å². The Kier molecular flexibility index (Phi) is 16.7. The molecular weight excluding hydrogens is 624 g/mol. The molecule has 1 saturated heterocycles. The average molecular weight is 666 g/mol. The predicted molar refractivity (Wildman–Crippen MR) is 143 cm³/mol. The van der Waals surface area contributed by atoms with Crippen molar-refractivity contribution in [2.24, 2.45) is 0 Å². The number of hydrogen-bond donors (Lipinski definition) is 1. The van der Waals surface area contributed by atoms with Gasteiger partial charge in [0, 0.05) is 27.7 Å². The average Bonchev–Trinajstić information content (AvgIpc) is 2.92. The summed E-state index contributed by atoms with van der Waals surface area (Å²) < 4.78 is 116. The maximum Gasteiger partial charge on any atom is 0.426 e. The van der Waals surface area contributed by atoms with Crippen molar-refractivity contribution in [1.29, 1.82) is 0 Å². The van der Waals surface area contributed by atoms with E-state index in [1.807, 2.05) is 6.92 Å². The predicted octanol–water partition coefficient (Wildman–Crippen LogP) is 5.15. The van der Waals surface area contributed by atoms with Crippen molar-refractivity contribution < 1.29 is 73.9 Å². The van der Waals surface area contributed by atoms with Crippen LogP contribution in [-0.2, 0) is 47.6 Å². The molecule has 0 spiro atoms. The number of carbonyl (C=O) groups excluding carboxylic acids is 4. The molecule has 1 fully saturated rings. The first-order chi connectivity index (χ1) is 20.9. The minimum absolute atomic E-state index is 0.0389. The van der Waals surface area contributed by atoms with E-state index in [2.05, 4.69) is 14.8 Å². The molecule has 0 aromatic heterocycles.